The van der Waals surface area contributed by atoms with Crippen LogP contribution in [-0.2, 0) is 11.3 Å². The molecule has 134 valence electrons. The molecule has 0 amide bonds. The van der Waals surface area contributed by atoms with Crippen LogP contribution in [0.15, 0.2) is 42.5 Å². The zero-order valence-corrected chi connectivity index (χ0v) is 16.8. The van der Waals surface area contributed by atoms with Crippen molar-refractivity contribution in [2.24, 2.45) is 0 Å². The third-order valence-electron chi connectivity index (χ3n) is 3.60. The van der Waals surface area contributed by atoms with Gasteiger partial charge in [0.25, 0.3) is 0 Å². The summed E-state index contributed by atoms with van der Waals surface area (Å²) in [5, 5.41) is 8.64. The number of thiocarbonyl (C=S) groups is 1. The molecule has 0 spiro atoms. The molecule has 26 heavy (non-hydrogen) atoms. The molecule has 0 radical (unpaired) electrons. The van der Waals surface area contributed by atoms with Crippen molar-refractivity contribution in [3.63, 3.8) is 0 Å². The Morgan fingerprint density at radius 1 is 1.23 bits per heavy atom. The van der Waals surface area contributed by atoms with Crippen molar-refractivity contribution in [3.05, 3.63) is 63.0 Å². The maximum absolute atomic E-state index is 11.8. The Morgan fingerprint density at radius 3 is 2.77 bits per heavy atom. The van der Waals surface area contributed by atoms with E-state index in [4.69, 9.17) is 40.2 Å². The van der Waals surface area contributed by atoms with Gasteiger partial charge in [-0.05, 0) is 48.1 Å². The molecule has 1 aromatic heterocycles. The van der Waals surface area contributed by atoms with Crippen LogP contribution in [0.2, 0.25) is 10.0 Å². The van der Waals surface area contributed by atoms with Gasteiger partial charge in [0.1, 0.15) is 4.88 Å². The second kappa shape index (κ2) is 8.22. The van der Waals surface area contributed by atoms with Gasteiger partial charge in [0.2, 0.25) is 0 Å². The minimum atomic E-state index is -0.440. The molecular formula is C18H14Cl2N2O2S2. The maximum atomic E-state index is 11.8. The Bertz CT molecular complexity index is 988. The maximum Gasteiger partial charge on any atom is 0.349 e. The number of nitrogens with one attached hydrogen (secondary N) is 2. The Morgan fingerprint density at radius 2 is 2.04 bits per heavy atom. The lowest BCUT2D eigenvalue weighted by molar-refractivity contribution is 0.0606. The topological polar surface area (TPSA) is 50.4 Å². The molecule has 4 nitrogen and oxygen atoms in total. The lowest BCUT2D eigenvalue weighted by atomic mass is 10.2. The zero-order chi connectivity index (χ0) is 18.7. The number of benzene rings is 2. The molecule has 0 aliphatic heterocycles. The molecular weight excluding hydrogens is 411 g/mol. The fourth-order valence-electron chi connectivity index (χ4n) is 2.37. The van der Waals surface area contributed by atoms with E-state index in [9.17, 15) is 4.79 Å². The molecule has 0 aliphatic rings. The van der Waals surface area contributed by atoms with E-state index in [2.05, 4.69) is 10.6 Å². The van der Waals surface area contributed by atoms with Crippen molar-refractivity contribution in [3.8, 4) is 0 Å². The van der Waals surface area contributed by atoms with Crippen molar-refractivity contribution < 1.29 is 9.53 Å². The number of esters is 1. The summed E-state index contributed by atoms with van der Waals surface area (Å²) in [6.45, 7) is 0.561. The van der Waals surface area contributed by atoms with Gasteiger partial charge in [0, 0.05) is 27.3 Å². The number of thiophene rings is 1. The molecule has 0 fully saturated rings. The van der Waals surface area contributed by atoms with Gasteiger partial charge in [-0.3, -0.25) is 0 Å². The monoisotopic (exact) mass is 424 g/mol. The average molecular weight is 425 g/mol. The Hall–Kier alpha value is -1.86. The quantitative estimate of drug-likeness (QED) is 0.428. The fourth-order valence-corrected chi connectivity index (χ4v) is 4.24. The number of carbonyl (C=O) groups excluding carboxylic acids is 1. The van der Waals surface area contributed by atoms with E-state index < -0.39 is 5.97 Å². The number of halogens is 2. The number of rotatable bonds is 4. The van der Waals surface area contributed by atoms with E-state index in [1.54, 1.807) is 0 Å². The smallest absolute Gasteiger partial charge is 0.349 e. The first-order chi connectivity index (χ1) is 12.5. The van der Waals surface area contributed by atoms with Crippen LogP contribution < -0.4 is 10.6 Å². The van der Waals surface area contributed by atoms with Gasteiger partial charge in [-0.15, -0.1) is 11.3 Å². The molecule has 0 saturated heterocycles. The van der Waals surface area contributed by atoms with Crippen molar-refractivity contribution in [2.75, 3.05) is 12.4 Å². The van der Waals surface area contributed by atoms with Crippen molar-refractivity contribution in [1.82, 2.24) is 5.32 Å². The van der Waals surface area contributed by atoms with E-state index in [-0.39, 0.29) is 0 Å². The van der Waals surface area contributed by atoms with Crippen molar-refractivity contribution in [1.29, 1.82) is 0 Å². The standard InChI is InChI=1S/C18H14Cl2N2O2S2/c1-24-17(23)16-15(20)13-6-5-12(8-14(13)26-16)22-18(25)21-9-10-3-2-4-11(19)7-10/h2-8H,9H2,1H3,(H2,21,22,25). The van der Waals surface area contributed by atoms with E-state index in [0.717, 1.165) is 21.3 Å². The number of methoxy groups -OCH3 is 1. The molecule has 0 aliphatic carbocycles. The van der Waals surface area contributed by atoms with Gasteiger partial charge in [-0.2, -0.15) is 0 Å². The summed E-state index contributed by atoms with van der Waals surface area (Å²) in [5.41, 5.74) is 1.83. The minimum absolute atomic E-state index is 0.392. The van der Waals surface area contributed by atoms with Crippen LogP contribution in [0, 0.1) is 0 Å². The third-order valence-corrected chi connectivity index (χ3v) is 5.72. The van der Waals surface area contributed by atoms with Gasteiger partial charge in [-0.25, -0.2) is 4.79 Å². The summed E-state index contributed by atoms with van der Waals surface area (Å²) < 4.78 is 5.63. The van der Waals surface area contributed by atoms with Crippen LogP contribution in [0.5, 0.6) is 0 Å². The van der Waals surface area contributed by atoms with E-state index in [1.807, 2.05) is 42.5 Å². The highest BCUT2D eigenvalue weighted by Crippen LogP contribution is 2.37. The van der Waals surface area contributed by atoms with Crippen LogP contribution in [0.25, 0.3) is 10.1 Å². The first kappa shape index (κ1) is 18.9. The van der Waals surface area contributed by atoms with Gasteiger partial charge < -0.3 is 15.4 Å². The predicted molar refractivity (Wildman–Crippen MR) is 113 cm³/mol. The summed E-state index contributed by atoms with van der Waals surface area (Å²) in [5.74, 6) is -0.440. The number of fused-ring (bicyclic) bond motifs is 1. The largest absolute Gasteiger partial charge is 0.465 e. The molecule has 2 N–H and O–H groups in total. The van der Waals surface area contributed by atoms with E-state index in [1.165, 1.54) is 18.4 Å². The number of hydrogen-bond donors (Lipinski definition) is 2. The fraction of sp³-hybridized carbons (Fsp3) is 0.111. The van der Waals surface area contributed by atoms with E-state index in [0.29, 0.717) is 26.6 Å². The van der Waals surface area contributed by atoms with E-state index >= 15 is 0 Å². The third kappa shape index (κ3) is 4.27. The van der Waals surface area contributed by atoms with Crippen LogP contribution in [-0.4, -0.2) is 18.2 Å². The highest BCUT2D eigenvalue weighted by Gasteiger charge is 2.17. The summed E-state index contributed by atoms with van der Waals surface area (Å²) in [6, 6.07) is 13.2. The lowest BCUT2D eigenvalue weighted by Gasteiger charge is -2.11. The molecule has 0 atom stereocenters. The van der Waals surface area contributed by atoms with Crippen LogP contribution in [0.3, 0.4) is 0 Å². The number of anilines is 1. The molecule has 2 aromatic carbocycles. The SMILES string of the molecule is COC(=O)c1sc2cc(NC(=S)NCc3cccc(Cl)c3)ccc2c1Cl. The second-order valence-corrected chi connectivity index (χ2v) is 7.66. The van der Waals surface area contributed by atoms with Gasteiger partial charge >= 0.3 is 5.97 Å². The normalized spacial score (nSPS) is 10.6. The van der Waals surface area contributed by atoms with Gasteiger partial charge in [0.15, 0.2) is 5.11 Å². The summed E-state index contributed by atoms with van der Waals surface area (Å²) in [7, 11) is 1.33. The molecule has 0 saturated carbocycles. The zero-order valence-electron chi connectivity index (χ0n) is 13.6. The molecule has 3 rings (SSSR count). The average Bonchev–Trinajstić information content (AvgIpc) is 2.95. The van der Waals surface area contributed by atoms with Crippen molar-refractivity contribution in [2.45, 2.75) is 6.54 Å². The van der Waals surface area contributed by atoms with Crippen LogP contribution in [0.1, 0.15) is 15.2 Å². The Labute approximate surface area is 170 Å². The molecule has 8 heteroatoms. The first-order valence-electron chi connectivity index (χ1n) is 7.57. The van der Waals surface area contributed by atoms with Gasteiger partial charge in [-0.1, -0.05) is 35.3 Å². The Kier molecular flexibility index (Phi) is 5.98. The summed E-state index contributed by atoms with van der Waals surface area (Å²) in [4.78, 5) is 12.2. The predicted octanol–water partition coefficient (Wildman–Crippen LogP) is 5.48. The number of carbonyl (C=O) groups is 1. The highest BCUT2D eigenvalue weighted by molar-refractivity contribution is 7.80. The van der Waals surface area contributed by atoms with Gasteiger partial charge in [0.05, 0.1) is 12.1 Å². The molecule has 1 heterocycles. The molecule has 0 unspecified atom stereocenters. The van der Waals surface area contributed by atoms with Crippen molar-refractivity contribution >= 4 is 73.6 Å². The second-order valence-electron chi connectivity index (χ2n) is 5.39. The minimum Gasteiger partial charge on any atom is -0.465 e. The highest BCUT2D eigenvalue weighted by atomic mass is 35.5. The summed E-state index contributed by atoms with van der Waals surface area (Å²) >= 11 is 18.8. The van der Waals surface area contributed by atoms with Crippen LogP contribution in [0.4, 0.5) is 5.69 Å². The lowest BCUT2D eigenvalue weighted by Crippen LogP contribution is -2.27. The number of ether oxygens (including phenoxy) is 1. The first-order valence-corrected chi connectivity index (χ1v) is 9.55. The van der Waals surface area contributed by atoms with Crippen LogP contribution >= 0.6 is 46.8 Å². The Balaban J connectivity index is 1.70. The number of hydrogen-bond acceptors (Lipinski definition) is 4. The molecule has 3 aromatic rings. The molecule has 0 bridgehead atoms. The summed E-state index contributed by atoms with van der Waals surface area (Å²) in [6.07, 6.45) is 0.